The van der Waals surface area contributed by atoms with Gasteiger partial charge in [-0.25, -0.2) is 9.59 Å². The summed E-state index contributed by atoms with van der Waals surface area (Å²) < 4.78 is 9.79. The molecule has 1 saturated carbocycles. The highest BCUT2D eigenvalue weighted by atomic mass is 32.1. The van der Waals surface area contributed by atoms with Crippen LogP contribution in [-0.2, 0) is 23.9 Å². The first-order valence-corrected chi connectivity index (χ1v) is 11.2. The van der Waals surface area contributed by atoms with Crippen LogP contribution in [0.15, 0.2) is 0 Å². The van der Waals surface area contributed by atoms with Crippen molar-refractivity contribution < 1.29 is 33.4 Å². The van der Waals surface area contributed by atoms with Gasteiger partial charge in [-0.2, -0.15) is 0 Å². The number of hydrogen-bond acceptors (Lipinski definition) is 8. The second-order valence-corrected chi connectivity index (χ2v) is 8.62. The first kappa shape index (κ1) is 22.9. The van der Waals surface area contributed by atoms with Gasteiger partial charge in [0.05, 0.1) is 31.1 Å². The minimum atomic E-state index is -0.687. The highest BCUT2D eigenvalue weighted by Crippen LogP contribution is 2.38. The van der Waals surface area contributed by atoms with E-state index in [0.29, 0.717) is 18.4 Å². The van der Waals surface area contributed by atoms with E-state index in [9.17, 15) is 24.0 Å². The van der Waals surface area contributed by atoms with Gasteiger partial charge < -0.3 is 14.8 Å². The molecule has 2 heterocycles. The van der Waals surface area contributed by atoms with Gasteiger partial charge in [-0.15, -0.1) is 11.3 Å². The fourth-order valence-corrected chi connectivity index (χ4v) is 5.30. The number of imide groups is 1. The van der Waals surface area contributed by atoms with Crippen LogP contribution in [0.3, 0.4) is 0 Å². The van der Waals surface area contributed by atoms with Crippen LogP contribution in [0.4, 0.5) is 5.00 Å². The van der Waals surface area contributed by atoms with E-state index in [-0.39, 0.29) is 58.7 Å². The Labute approximate surface area is 184 Å². The number of methoxy groups -OCH3 is 1. The van der Waals surface area contributed by atoms with Crippen LogP contribution in [0.2, 0.25) is 0 Å². The van der Waals surface area contributed by atoms with Crippen LogP contribution in [0, 0.1) is 18.8 Å². The molecule has 1 aliphatic heterocycles. The van der Waals surface area contributed by atoms with Gasteiger partial charge in [0, 0.05) is 13.0 Å². The maximum absolute atomic E-state index is 12.6. The normalized spacial score (nSPS) is 20.4. The van der Waals surface area contributed by atoms with Crippen molar-refractivity contribution in [2.75, 3.05) is 25.6 Å². The van der Waals surface area contributed by atoms with Gasteiger partial charge in [0.1, 0.15) is 9.88 Å². The third-order valence-electron chi connectivity index (χ3n) is 5.74. The monoisotopic (exact) mass is 450 g/mol. The van der Waals surface area contributed by atoms with Gasteiger partial charge >= 0.3 is 11.9 Å². The first-order valence-electron chi connectivity index (χ1n) is 10.3. The molecule has 0 spiro atoms. The number of carbonyl (C=O) groups excluding carboxylic acids is 5. The second kappa shape index (κ2) is 9.59. The fraction of sp³-hybridized carbons (Fsp3) is 0.571. The first-order chi connectivity index (χ1) is 14.8. The molecule has 31 heavy (non-hydrogen) atoms. The summed E-state index contributed by atoms with van der Waals surface area (Å²) >= 11 is 0.927. The maximum Gasteiger partial charge on any atom is 0.348 e. The molecule has 1 aromatic heterocycles. The Hall–Kier alpha value is -2.75. The Morgan fingerprint density at radius 3 is 2.26 bits per heavy atom. The molecule has 1 saturated heterocycles. The van der Waals surface area contributed by atoms with Crippen molar-refractivity contribution in [3.8, 4) is 0 Å². The number of thiophene rings is 1. The van der Waals surface area contributed by atoms with Crippen molar-refractivity contribution in [1.29, 1.82) is 0 Å². The third-order valence-corrected chi connectivity index (χ3v) is 6.93. The van der Waals surface area contributed by atoms with Gasteiger partial charge in [0.15, 0.2) is 0 Å². The molecule has 0 radical (unpaired) electrons. The number of fused-ring (bicyclic) bond motifs is 1. The Kier molecular flexibility index (Phi) is 7.09. The lowest BCUT2D eigenvalue weighted by Gasteiger charge is -2.19. The van der Waals surface area contributed by atoms with Crippen LogP contribution < -0.4 is 5.32 Å². The van der Waals surface area contributed by atoms with E-state index in [0.717, 1.165) is 24.2 Å². The molecule has 0 bridgehead atoms. The highest BCUT2D eigenvalue weighted by molar-refractivity contribution is 7.18. The van der Waals surface area contributed by atoms with Gasteiger partial charge in [0.2, 0.25) is 17.7 Å². The van der Waals surface area contributed by atoms with E-state index in [4.69, 9.17) is 9.47 Å². The average molecular weight is 451 g/mol. The average Bonchev–Trinajstić information content (AvgIpc) is 3.20. The number of amides is 3. The van der Waals surface area contributed by atoms with Gasteiger partial charge in [0.25, 0.3) is 0 Å². The van der Waals surface area contributed by atoms with Crippen molar-refractivity contribution in [3.05, 3.63) is 16.0 Å². The lowest BCUT2D eigenvalue weighted by Crippen LogP contribution is -2.34. The number of hydrogen-bond donors (Lipinski definition) is 1. The zero-order valence-corrected chi connectivity index (χ0v) is 18.6. The molecule has 0 aromatic carbocycles. The number of anilines is 1. The minimum absolute atomic E-state index is 0.0147. The Balaban J connectivity index is 1.70. The molecule has 1 N–H and O–H groups in total. The molecule has 2 atom stereocenters. The van der Waals surface area contributed by atoms with Crippen LogP contribution in [0.25, 0.3) is 0 Å². The van der Waals surface area contributed by atoms with E-state index in [1.54, 1.807) is 13.8 Å². The SMILES string of the molecule is CCOC(=O)c1sc(NC(=O)CCN2C(=O)[C@H]3CCCC[C@@H]3C2=O)c(C(=O)OC)c1C. The van der Waals surface area contributed by atoms with Crippen molar-refractivity contribution in [2.24, 2.45) is 11.8 Å². The number of likely N-dealkylation sites (tertiary alicyclic amines) is 1. The van der Waals surface area contributed by atoms with Crippen LogP contribution >= 0.6 is 11.3 Å². The lowest BCUT2D eigenvalue weighted by atomic mass is 9.81. The van der Waals surface area contributed by atoms with E-state index in [1.807, 2.05) is 0 Å². The zero-order valence-electron chi connectivity index (χ0n) is 17.8. The summed E-state index contributed by atoms with van der Waals surface area (Å²) in [4.78, 5) is 63.4. The maximum atomic E-state index is 12.6. The number of nitrogens with zero attached hydrogens (tertiary/aromatic N) is 1. The predicted octanol–water partition coefficient (Wildman–Crippen LogP) is 2.52. The predicted molar refractivity (Wildman–Crippen MR) is 112 cm³/mol. The zero-order chi connectivity index (χ0) is 22.7. The smallest absolute Gasteiger partial charge is 0.348 e. The third kappa shape index (κ3) is 4.48. The Morgan fingerprint density at radius 2 is 1.71 bits per heavy atom. The number of carbonyl (C=O) groups is 5. The molecule has 1 aromatic rings. The molecule has 10 heteroatoms. The quantitative estimate of drug-likeness (QED) is 0.501. The fourth-order valence-electron chi connectivity index (χ4n) is 4.19. The lowest BCUT2D eigenvalue weighted by molar-refractivity contribution is -0.140. The molecule has 0 unspecified atom stereocenters. The molecular weight excluding hydrogens is 424 g/mol. The van der Waals surface area contributed by atoms with E-state index >= 15 is 0 Å². The molecule has 3 amide bonds. The van der Waals surface area contributed by atoms with Crippen LogP contribution in [-0.4, -0.2) is 54.8 Å². The van der Waals surface area contributed by atoms with E-state index in [2.05, 4.69) is 5.32 Å². The number of esters is 2. The van der Waals surface area contributed by atoms with E-state index < -0.39 is 17.8 Å². The van der Waals surface area contributed by atoms with Gasteiger partial charge in [-0.1, -0.05) is 12.8 Å². The number of nitrogens with one attached hydrogen (secondary N) is 1. The van der Waals surface area contributed by atoms with Gasteiger partial charge in [-0.3, -0.25) is 19.3 Å². The molecule has 1 aliphatic carbocycles. The van der Waals surface area contributed by atoms with Crippen molar-refractivity contribution in [1.82, 2.24) is 4.90 Å². The standard InChI is InChI=1S/C21H26N2O7S/c1-4-30-21(28)16-11(2)15(20(27)29-3)17(31-16)22-14(24)9-10-23-18(25)12-7-5-6-8-13(12)19(23)26/h12-13H,4-10H2,1-3H3,(H,22,24)/t12-,13-/m0/s1. The molecule has 2 aliphatic rings. The topological polar surface area (TPSA) is 119 Å². The summed E-state index contributed by atoms with van der Waals surface area (Å²) in [7, 11) is 1.21. The van der Waals surface area contributed by atoms with Gasteiger partial charge in [-0.05, 0) is 32.3 Å². The summed E-state index contributed by atoms with van der Waals surface area (Å²) in [5.41, 5.74) is 0.447. The molecule has 9 nitrogen and oxygen atoms in total. The van der Waals surface area contributed by atoms with E-state index in [1.165, 1.54) is 12.0 Å². The minimum Gasteiger partial charge on any atom is -0.465 e. The molecule has 168 valence electrons. The number of ether oxygens (including phenoxy) is 2. The summed E-state index contributed by atoms with van der Waals surface area (Å²) in [6.45, 7) is 3.40. The van der Waals surface area contributed by atoms with Crippen LogP contribution in [0.1, 0.15) is 64.6 Å². The Morgan fingerprint density at radius 1 is 1.10 bits per heavy atom. The Bertz CT molecular complexity index is 899. The second-order valence-electron chi connectivity index (χ2n) is 7.60. The molecule has 3 rings (SSSR count). The van der Waals surface area contributed by atoms with Crippen LogP contribution in [0.5, 0.6) is 0 Å². The summed E-state index contributed by atoms with van der Waals surface area (Å²) in [5.74, 6) is -2.68. The van der Waals surface area contributed by atoms with Crippen molar-refractivity contribution >= 4 is 46.0 Å². The summed E-state index contributed by atoms with van der Waals surface area (Å²) in [6, 6.07) is 0. The molecular formula is C21H26N2O7S. The highest BCUT2D eigenvalue weighted by Gasteiger charge is 2.47. The number of rotatable bonds is 7. The summed E-state index contributed by atoms with van der Waals surface area (Å²) in [6.07, 6.45) is 3.19. The molecule has 2 fully saturated rings. The van der Waals surface area contributed by atoms with Crippen molar-refractivity contribution in [3.63, 3.8) is 0 Å². The summed E-state index contributed by atoms with van der Waals surface area (Å²) in [5, 5.41) is 2.79. The van der Waals surface area contributed by atoms with Crippen molar-refractivity contribution in [2.45, 2.75) is 46.0 Å². The largest absolute Gasteiger partial charge is 0.465 e.